The average Bonchev–Trinajstić information content (AvgIpc) is 2.34. The molecule has 1 aromatic rings. The fourth-order valence-corrected chi connectivity index (χ4v) is 1.95. The number of rotatable bonds is 5. The lowest BCUT2D eigenvalue weighted by atomic mass is 10.2. The van der Waals surface area contributed by atoms with E-state index in [0.717, 1.165) is 5.56 Å². The van der Waals surface area contributed by atoms with Crippen LogP contribution in [-0.2, 0) is 14.8 Å². The molecule has 0 aliphatic carbocycles. The number of hydrazine groups is 1. The fourth-order valence-electron chi connectivity index (χ4n) is 1.12. The Balaban J connectivity index is 2.60. The van der Waals surface area contributed by atoms with Gasteiger partial charge in [-0.15, -0.1) is 4.83 Å². The lowest BCUT2D eigenvalue weighted by Crippen LogP contribution is -2.41. The molecule has 18 heavy (non-hydrogen) atoms. The maximum atomic E-state index is 11.7. The summed E-state index contributed by atoms with van der Waals surface area (Å²) < 4.78 is 28.1. The predicted molar refractivity (Wildman–Crippen MR) is 66.3 cm³/mol. The number of nitrogens with one attached hydrogen (secondary N) is 2. The predicted octanol–water partition coefficient (Wildman–Crippen LogP) is 1.32. The highest BCUT2D eigenvalue weighted by atomic mass is 32.2. The van der Waals surface area contributed by atoms with Crippen molar-refractivity contribution in [3.05, 3.63) is 29.8 Å². The molecule has 6 nitrogen and oxygen atoms in total. The second-order valence-corrected chi connectivity index (χ2v) is 5.36. The molecule has 0 spiro atoms. The summed E-state index contributed by atoms with van der Waals surface area (Å²) in [6.45, 7) is 3.92. The van der Waals surface area contributed by atoms with Crippen LogP contribution in [0.25, 0.3) is 0 Å². The molecule has 0 saturated heterocycles. The maximum Gasteiger partial charge on any atom is 0.422 e. The van der Waals surface area contributed by atoms with Crippen LogP contribution in [-0.4, -0.2) is 21.1 Å². The molecule has 0 fully saturated rings. The number of sulfonamides is 1. The van der Waals surface area contributed by atoms with Gasteiger partial charge in [-0.2, -0.15) is 0 Å². The first-order valence-corrected chi connectivity index (χ1v) is 6.95. The molecule has 1 aromatic carbocycles. The van der Waals surface area contributed by atoms with E-state index in [1.807, 2.05) is 24.1 Å². The van der Waals surface area contributed by atoms with Crippen molar-refractivity contribution in [2.45, 2.75) is 25.2 Å². The zero-order valence-corrected chi connectivity index (χ0v) is 11.1. The van der Waals surface area contributed by atoms with Crippen LogP contribution < -0.4 is 10.3 Å². The third-order valence-corrected chi connectivity index (χ3v) is 3.32. The average molecular weight is 272 g/mol. The van der Waals surface area contributed by atoms with Crippen LogP contribution in [0.15, 0.2) is 29.2 Å². The molecule has 1 rings (SSSR count). The van der Waals surface area contributed by atoms with Gasteiger partial charge < -0.3 is 4.74 Å². The van der Waals surface area contributed by atoms with Gasteiger partial charge in [-0.1, -0.05) is 24.6 Å². The molecule has 0 aliphatic heterocycles. The topological polar surface area (TPSA) is 84.5 Å². The van der Waals surface area contributed by atoms with Gasteiger partial charge in [0.25, 0.3) is 10.0 Å². The molecule has 0 heterocycles. The summed E-state index contributed by atoms with van der Waals surface area (Å²) in [5.41, 5.74) is 2.92. The molecule has 0 aromatic heterocycles. The minimum absolute atomic E-state index is 0.0730. The van der Waals surface area contributed by atoms with Crippen molar-refractivity contribution in [1.29, 1.82) is 0 Å². The van der Waals surface area contributed by atoms with Gasteiger partial charge in [-0.05, 0) is 25.5 Å². The van der Waals surface area contributed by atoms with Gasteiger partial charge in [0.15, 0.2) is 0 Å². The minimum atomic E-state index is -3.76. The molecule has 0 radical (unpaired) electrons. The lowest BCUT2D eigenvalue weighted by molar-refractivity contribution is 0.144. The zero-order valence-electron chi connectivity index (χ0n) is 10.3. The van der Waals surface area contributed by atoms with E-state index in [9.17, 15) is 13.2 Å². The van der Waals surface area contributed by atoms with Crippen LogP contribution in [0.5, 0.6) is 0 Å². The Morgan fingerprint density at radius 1 is 1.28 bits per heavy atom. The summed E-state index contributed by atoms with van der Waals surface area (Å²) in [6, 6.07) is 6.25. The van der Waals surface area contributed by atoms with E-state index in [2.05, 4.69) is 4.74 Å². The maximum absolute atomic E-state index is 11.7. The molecule has 7 heteroatoms. The summed E-state index contributed by atoms with van der Waals surface area (Å²) >= 11 is 0. The number of amides is 1. The lowest BCUT2D eigenvalue weighted by Gasteiger charge is -2.08. The van der Waals surface area contributed by atoms with Crippen molar-refractivity contribution < 1.29 is 17.9 Å². The summed E-state index contributed by atoms with van der Waals surface area (Å²) in [5, 5.41) is 0. The smallest absolute Gasteiger partial charge is 0.422 e. The summed E-state index contributed by atoms with van der Waals surface area (Å²) in [4.78, 5) is 13.1. The van der Waals surface area contributed by atoms with Gasteiger partial charge in [-0.25, -0.2) is 18.6 Å². The number of hydrogen-bond donors (Lipinski definition) is 2. The van der Waals surface area contributed by atoms with Gasteiger partial charge in [0.2, 0.25) is 0 Å². The molecular weight excluding hydrogens is 256 g/mol. The van der Waals surface area contributed by atoms with Crippen molar-refractivity contribution in [3.63, 3.8) is 0 Å². The SMILES string of the molecule is CCCOC(=O)NNS(=O)(=O)c1ccc(C)cc1. The third-order valence-electron chi connectivity index (χ3n) is 2.06. The zero-order chi connectivity index (χ0) is 13.6. The van der Waals surface area contributed by atoms with E-state index >= 15 is 0 Å². The van der Waals surface area contributed by atoms with Crippen LogP contribution in [0.4, 0.5) is 4.79 Å². The second kappa shape index (κ2) is 6.36. The largest absolute Gasteiger partial charge is 0.449 e. The first-order chi connectivity index (χ1) is 8.45. The van der Waals surface area contributed by atoms with Gasteiger partial charge in [-0.3, -0.25) is 0 Å². The highest BCUT2D eigenvalue weighted by Crippen LogP contribution is 2.08. The highest BCUT2D eigenvalue weighted by molar-refractivity contribution is 7.89. The Morgan fingerprint density at radius 2 is 1.89 bits per heavy atom. The standard InChI is InChI=1S/C11H16N2O4S/c1-3-8-17-11(14)12-13-18(15,16)10-6-4-9(2)5-7-10/h4-7,13H,3,8H2,1-2H3,(H,12,14). The molecule has 0 unspecified atom stereocenters. The first kappa shape index (κ1) is 14.5. The Morgan fingerprint density at radius 3 is 2.44 bits per heavy atom. The Hall–Kier alpha value is -1.60. The van der Waals surface area contributed by atoms with Crippen LogP contribution in [0.3, 0.4) is 0 Å². The van der Waals surface area contributed by atoms with Gasteiger partial charge in [0.1, 0.15) is 0 Å². The molecule has 0 saturated carbocycles. The Kier molecular flexibility index (Phi) is 5.11. The van der Waals surface area contributed by atoms with Crippen molar-refractivity contribution in [1.82, 2.24) is 10.3 Å². The minimum Gasteiger partial charge on any atom is -0.449 e. The van der Waals surface area contributed by atoms with Crippen molar-refractivity contribution >= 4 is 16.1 Å². The van der Waals surface area contributed by atoms with Crippen LogP contribution in [0.1, 0.15) is 18.9 Å². The molecule has 0 aliphatic rings. The molecule has 100 valence electrons. The molecule has 1 amide bonds. The molecular formula is C11H16N2O4S. The molecule has 0 bridgehead atoms. The highest BCUT2D eigenvalue weighted by Gasteiger charge is 2.14. The van der Waals surface area contributed by atoms with Crippen molar-refractivity contribution in [3.8, 4) is 0 Å². The van der Waals surface area contributed by atoms with E-state index in [1.165, 1.54) is 12.1 Å². The summed E-state index contributed by atoms with van der Waals surface area (Å²) in [6.07, 6.45) is -0.162. The number of carbonyl (C=O) groups excluding carboxylic acids is 1. The summed E-state index contributed by atoms with van der Waals surface area (Å²) in [7, 11) is -3.76. The van der Waals surface area contributed by atoms with E-state index in [4.69, 9.17) is 0 Å². The normalized spacial score (nSPS) is 11.0. The van der Waals surface area contributed by atoms with E-state index in [0.29, 0.717) is 6.42 Å². The second-order valence-electron chi connectivity index (χ2n) is 3.68. The van der Waals surface area contributed by atoms with Crippen molar-refractivity contribution in [2.75, 3.05) is 6.61 Å². The number of hydrogen-bond acceptors (Lipinski definition) is 4. The van der Waals surface area contributed by atoms with E-state index in [-0.39, 0.29) is 11.5 Å². The van der Waals surface area contributed by atoms with Gasteiger partial charge in [0, 0.05) is 0 Å². The van der Waals surface area contributed by atoms with Crippen LogP contribution in [0.2, 0.25) is 0 Å². The van der Waals surface area contributed by atoms with Crippen LogP contribution in [0, 0.1) is 6.92 Å². The number of carbonyl (C=O) groups is 1. The Bertz CT molecular complexity index is 496. The quantitative estimate of drug-likeness (QED) is 0.792. The van der Waals surface area contributed by atoms with Crippen molar-refractivity contribution in [2.24, 2.45) is 0 Å². The Labute approximate surface area is 106 Å². The monoisotopic (exact) mass is 272 g/mol. The van der Waals surface area contributed by atoms with Gasteiger partial charge in [0.05, 0.1) is 11.5 Å². The van der Waals surface area contributed by atoms with Gasteiger partial charge >= 0.3 is 6.09 Å². The summed E-state index contributed by atoms with van der Waals surface area (Å²) in [5.74, 6) is 0. The first-order valence-electron chi connectivity index (χ1n) is 5.47. The number of ether oxygens (including phenoxy) is 1. The van der Waals surface area contributed by atoms with E-state index in [1.54, 1.807) is 12.1 Å². The fraction of sp³-hybridized carbons (Fsp3) is 0.364. The van der Waals surface area contributed by atoms with Crippen LogP contribution >= 0.6 is 0 Å². The molecule has 2 N–H and O–H groups in total. The molecule has 0 atom stereocenters. The van der Waals surface area contributed by atoms with E-state index < -0.39 is 16.1 Å². The third kappa shape index (κ3) is 4.34. The number of aryl methyl sites for hydroxylation is 1. The number of benzene rings is 1.